The number of halogens is 3. The van der Waals surface area contributed by atoms with Gasteiger partial charge in [-0.15, -0.1) is 0 Å². The number of sulfonamides is 1. The third kappa shape index (κ3) is 3.51. The predicted octanol–water partition coefficient (Wildman–Crippen LogP) is 3.52. The Balaban J connectivity index is 2.36. The highest BCUT2D eigenvalue weighted by atomic mass is 32.2. The van der Waals surface area contributed by atoms with Gasteiger partial charge in [0.25, 0.3) is 10.0 Å². The molecule has 0 saturated carbocycles. The quantitative estimate of drug-likeness (QED) is 0.904. The number of aromatic hydroxyl groups is 1. The molecule has 0 fully saturated rings. The van der Waals surface area contributed by atoms with Crippen LogP contribution in [0.2, 0.25) is 0 Å². The molecule has 0 aliphatic carbocycles. The lowest BCUT2D eigenvalue weighted by Crippen LogP contribution is -2.14. The fourth-order valence-electron chi connectivity index (χ4n) is 1.73. The van der Waals surface area contributed by atoms with Crippen molar-refractivity contribution in [3.05, 3.63) is 53.6 Å². The summed E-state index contributed by atoms with van der Waals surface area (Å²) in [5.74, 6) is -0.121. The van der Waals surface area contributed by atoms with E-state index in [0.29, 0.717) is 11.6 Å². The number of anilines is 1. The van der Waals surface area contributed by atoms with Gasteiger partial charge in [0.15, 0.2) is 0 Å². The molecule has 2 aromatic rings. The summed E-state index contributed by atoms with van der Waals surface area (Å²) < 4.78 is 64.3. The van der Waals surface area contributed by atoms with Gasteiger partial charge in [0.1, 0.15) is 5.75 Å². The molecule has 0 radical (unpaired) electrons. The SMILES string of the molecule is Cc1ccc(NS(=O)(=O)c2cccc(C(F)(F)F)c2)cc1O. The third-order valence-electron chi connectivity index (χ3n) is 2.93. The van der Waals surface area contributed by atoms with E-state index < -0.39 is 26.7 Å². The molecule has 0 aromatic heterocycles. The normalized spacial score (nSPS) is 12.2. The van der Waals surface area contributed by atoms with Crippen molar-refractivity contribution in [3.8, 4) is 5.75 Å². The zero-order valence-corrected chi connectivity index (χ0v) is 12.2. The number of alkyl halides is 3. The molecule has 2 aromatic carbocycles. The van der Waals surface area contributed by atoms with Gasteiger partial charge >= 0.3 is 6.18 Å². The second-order valence-electron chi connectivity index (χ2n) is 4.63. The molecule has 0 unspecified atom stereocenters. The van der Waals surface area contributed by atoms with Crippen molar-refractivity contribution in [1.29, 1.82) is 0 Å². The van der Waals surface area contributed by atoms with E-state index >= 15 is 0 Å². The number of nitrogens with one attached hydrogen (secondary N) is 1. The van der Waals surface area contributed by atoms with Crippen LogP contribution >= 0.6 is 0 Å². The Morgan fingerprint density at radius 3 is 2.36 bits per heavy atom. The Bertz CT molecular complexity index is 801. The first kappa shape index (κ1) is 16.2. The molecule has 0 saturated heterocycles. The van der Waals surface area contributed by atoms with E-state index in [1.54, 1.807) is 6.92 Å². The van der Waals surface area contributed by atoms with E-state index in [0.717, 1.165) is 18.2 Å². The number of phenols is 1. The van der Waals surface area contributed by atoms with Gasteiger partial charge in [-0.05, 0) is 36.8 Å². The smallest absolute Gasteiger partial charge is 0.416 e. The molecule has 4 nitrogen and oxygen atoms in total. The largest absolute Gasteiger partial charge is 0.508 e. The zero-order chi connectivity index (χ0) is 16.5. The van der Waals surface area contributed by atoms with E-state index in [9.17, 15) is 26.7 Å². The highest BCUT2D eigenvalue weighted by Gasteiger charge is 2.31. The van der Waals surface area contributed by atoms with E-state index in [1.165, 1.54) is 18.2 Å². The van der Waals surface area contributed by atoms with Crippen molar-refractivity contribution in [1.82, 2.24) is 0 Å². The van der Waals surface area contributed by atoms with Crippen LogP contribution in [0.25, 0.3) is 0 Å². The summed E-state index contributed by atoms with van der Waals surface area (Å²) in [4.78, 5) is -0.512. The van der Waals surface area contributed by atoms with Crippen LogP contribution in [0, 0.1) is 6.92 Å². The Labute approximate surface area is 125 Å². The summed E-state index contributed by atoms with van der Waals surface area (Å²) >= 11 is 0. The molecule has 8 heteroatoms. The van der Waals surface area contributed by atoms with Gasteiger partial charge < -0.3 is 5.11 Å². The standard InChI is InChI=1S/C14H12F3NO3S/c1-9-5-6-11(8-13(9)19)18-22(20,21)12-4-2-3-10(7-12)14(15,16)17/h2-8,18-19H,1H3. The Kier molecular flexibility index (Phi) is 4.06. The second-order valence-corrected chi connectivity index (χ2v) is 6.31. The second kappa shape index (κ2) is 5.53. The number of aryl methyl sites for hydroxylation is 1. The van der Waals surface area contributed by atoms with Gasteiger partial charge in [-0.2, -0.15) is 13.2 Å². The minimum atomic E-state index is -4.63. The lowest BCUT2D eigenvalue weighted by Gasteiger charge is -2.11. The summed E-state index contributed by atoms with van der Waals surface area (Å²) in [6.07, 6.45) is -4.63. The molecule has 2 rings (SSSR count). The first-order chi connectivity index (χ1) is 10.1. The van der Waals surface area contributed by atoms with Gasteiger partial charge in [0.2, 0.25) is 0 Å². The van der Waals surface area contributed by atoms with Crippen molar-refractivity contribution in [3.63, 3.8) is 0 Å². The number of hydrogen-bond donors (Lipinski definition) is 2. The van der Waals surface area contributed by atoms with Gasteiger partial charge in [-0.25, -0.2) is 8.42 Å². The molecule has 0 aliphatic rings. The van der Waals surface area contributed by atoms with Gasteiger partial charge in [0.05, 0.1) is 16.1 Å². The van der Waals surface area contributed by atoms with Crippen LogP contribution in [0.1, 0.15) is 11.1 Å². The first-order valence-electron chi connectivity index (χ1n) is 6.09. The molecular formula is C14H12F3NO3S. The zero-order valence-electron chi connectivity index (χ0n) is 11.3. The number of rotatable bonds is 3. The molecule has 2 N–H and O–H groups in total. The molecule has 0 spiro atoms. The fraction of sp³-hybridized carbons (Fsp3) is 0.143. The van der Waals surface area contributed by atoms with Crippen molar-refractivity contribution < 1.29 is 26.7 Å². The molecular weight excluding hydrogens is 319 g/mol. The van der Waals surface area contributed by atoms with Crippen LogP contribution in [0.5, 0.6) is 5.75 Å². The lowest BCUT2D eigenvalue weighted by molar-refractivity contribution is -0.137. The minimum absolute atomic E-state index is 0.0560. The van der Waals surface area contributed by atoms with Crippen molar-refractivity contribution in [2.75, 3.05) is 4.72 Å². The first-order valence-corrected chi connectivity index (χ1v) is 7.57. The molecule has 0 aliphatic heterocycles. The summed E-state index contributed by atoms with van der Waals surface area (Å²) in [5, 5.41) is 9.53. The molecule has 0 heterocycles. The molecule has 0 bridgehead atoms. The van der Waals surface area contributed by atoms with E-state index in [4.69, 9.17) is 0 Å². The maximum absolute atomic E-state index is 12.6. The van der Waals surface area contributed by atoms with Crippen LogP contribution in [-0.4, -0.2) is 13.5 Å². The number of hydrogen-bond acceptors (Lipinski definition) is 3. The summed E-state index contributed by atoms with van der Waals surface area (Å²) in [5.41, 5.74) is -0.454. The fourth-order valence-corrected chi connectivity index (χ4v) is 2.82. The van der Waals surface area contributed by atoms with Crippen LogP contribution in [-0.2, 0) is 16.2 Å². The molecule has 0 amide bonds. The van der Waals surface area contributed by atoms with E-state index in [1.807, 2.05) is 0 Å². The van der Waals surface area contributed by atoms with Crippen molar-refractivity contribution >= 4 is 15.7 Å². The van der Waals surface area contributed by atoms with Gasteiger partial charge in [0, 0.05) is 6.07 Å². The van der Waals surface area contributed by atoms with E-state index in [-0.39, 0.29) is 11.4 Å². The highest BCUT2D eigenvalue weighted by molar-refractivity contribution is 7.92. The summed E-state index contributed by atoms with van der Waals surface area (Å²) in [7, 11) is -4.19. The minimum Gasteiger partial charge on any atom is -0.508 e. The van der Waals surface area contributed by atoms with Crippen LogP contribution in [0.3, 0.4) is 0 Å². The highest BCUT2D eigenvalue weighted by Crippen LogP contribution is 2.31. The maximum atomic E-state index is 12.6. The monoisotopic (exact) mass is 331 g/mol. The van der Waals surface area contributed by atoms with Crippen LogP contribution in [0.4, 0.5) is 18.9 Å². The van der Waals surface area contributed by atoms with Crippen molar-refractivity contribution in [2.45, 2.75) is 18.0 Å². The lowest BCUT2D eigenvalue weighted by atomic mass is 10.2. The Morgan fingerprint density at radius 2 is 1.77 bits per heavy atom. The molecule has 22 heavy (non-hydrogen) atoms. The number of benzene rings is 2. The Hall–Kier alpha value is -2.22. The third-order valence-corrected chi connectivity index (χ3v) is 4.31. The van der Waals surface area contributed by atoms with E-state index in [2.05, 4.69) is 4.72 Å². The average molecular weight is 331 g/mol. The predicted molar refractivity (Wildman–Crippen MR) is 75.1 cm³/mol. The Morgan fingerprint density at radius 1 is 1.09 bits per heavy atom. The van der Waals surface area contributed by atoms with Crippen LogP contribution in [0.15, 0.2) is 47.4 Å². The summed E-state index contributed by atoms with van der Waals surface area (Å²) in [6.45, 7) is 1.63. The van der Waals surface area contributed by atoms with Gasteiger partial charge in [-0.3, -0.25) is 4.72 Å². The number of phenolic OH excluding ortho intramolecular Hbond substituents is 1. The topological polar surface area (TPSA) is 66.4 Å². The van der Waals surface area contributed by atoms with Crippen molar-refractivity contribution in [2.24, 2.45) is 0 Å². The average Bonchev–Trinajstić information content (AvgIpc) is 2.42. The molecule has 118 valence electrons. The van der Waals surface area contributed by atoms with Gasteiger partial charge in [-0.1, -0.05) is 12.1 Å². The summed E-state index contributed by atoms with van der Waals surface area (Å²) in [6, 6.07) is 7.49. The van der Waals surface area contributed by atoms with Crippen LogP contribution < -0.4 is 4.72 Å². The maximum Gasteiger partial charge on any atom is 0.416 e. The molecule has 0 atom stereocenters.